The molecule has 0 atom stereocenters. The summed E-state index contributed by atoms with van der Waals surface area (Å²) in [6.45, 7) is 3.88. The maximum atomic E-state index is 13.1. The summed E-state index contributed by atoms with van der Waals surface area (Å²) in [6, 6.07) is 6.90. The number of hydrogen-bond donors (Lipinski definition) is 1. The lowest BCUT2D eigenvalue weighted by Gasteiger charge is -2.23. The van der Waals surface area contributed by atoms with E-state index in [0.29, 0.717) is 24.2 Å². The largest absolute Gasteiger partial charge is 0.466 e. The Balaban J connectivity index is 1.75. The predicted molar refractivity (Wildman–Crippen MR) is 117 cm³/mol. The van der Waals surface area contributed by atoms with E-state index in [9.17, 15) is 19.2 Å². The van der Waals surface area contributed by atoms with Crippen LogP contribution < -0.4 is 10.2 Å². The van der Waals surface area contributed by atoms with Gasteiger partial charge in [0.25, 0.3) is 0 Å². The average Bonchev–Trinajstić information content (AvgIpc) is 3.42. The number of imide groups is 1. The van der Waals surface area contributed by atoms with Crippen LogP contribution in [0.2, 0.25) is 0 Å². The van der Waals surface area contributed by atoms with E-state index < -0.39 is 17.8 Å². The van der Waals surface area contributed by atoms with E-state index >= 15 is 0 Å². The zero-order valence-electron chi connectivity index (χ0n) is 17.6. The Morgan fingerprint density at radius 3 is 2.48 bits per heavy atom. The van der Waals surface area contributed by atoms with Gasteiger partial charge in [-0.3, -0.25) is 24.5 Å². The van der Waals surface area contributed by atoms with Gasteiger partial charge in [0.2, 0.25) is 5.91 Å². The van der Waals surface area contributed by atoms with Crippen LogP contribution in [0.25, 0.3) is 0 Å². The van der Waals surface area contributed by atoms with Gasteiger partial charge in [0.05, 0.1) is 24.4 Å². The van der Waals surface area contributed by atoms with Crippen LogP contribution in [0.15, 0.2) is 29.6 Å². The number of nitrogens with zero attached hydrogens (tertiary/aromatic N) is 2. The molecule has 0 bridgehead atoms. The minimum atomic E-state index is -0.956. The molecule has 0 unspecified atom stereocenters. The monoisotopic (exact) mass is 443 g/mol. The molecular weight excluding hydrogens is 418 g/mol. The Morgan fingerprint density at radius 2 is 1.84 bits per heavy atom. The molecule has 0 saturated heterocycles. The minimum Gasteiger partial charge on any atom is -0.466 e. The van der Waals surface area contributed by atoms with E-state index in [1.54, 1.807) is 36.6 Å². The molecule has 0 radical (unpaired) electrons. The van der Waals surface area contributed by atoms with Crippen molar-refractivity contribution in [3.63, 3.8) is 0 Å². The second-order valence-electron chi connectivity index (χ2n) is 7.38. The Kier molecular flexibility index (Phi) is 7.51. The molecule has 0 aliphatic heterocycles. The number of ether oxygens (including phenoxy) is 1. The molecule has 0 spiro atoms. The third-order valence-corrected chi connectivity index (χ3v) is 5.82. The van der Waals surface area contributed by atoms with E-state index in [2.05, 4.69) is 10.3 Å². The number of thiazole rings is 1. The molecular formula is C22H25N3O5S. The number of esters is 1. The van der Waals surface area contributed by atoms with Gasteiger partial charge in [0.1, 0.15) is 0 Å². The summed E-state index contributed by atoms with van der Waals surface area (Å²) in [5, 5.41) is 4.23. The molecule has 1 aromatic carbocycles. The Morgan fingerprint density at radius 1 is 1.16 bits per heavy atom. The molecule has 1 aliphatic rings. The van der Waals surface area contributed by atoms with Crippen LogP contribution in [-0.2, 0) is 30.3 Å². The molecule has 2 aromatic rings. The Labute approximate surface area is 184 Å². The number of rotatable bonds is 6. The second kappa shape index (κ2) is 10.3. The first kappa shape index (κ1) is 22.6. The zero-order valence-corrected chi connectivity index (χ0v) is 18.4. The second-order valence-corrected chi connectivity index (χ2v) is 8.23. The summed E-state index contributed by atoms with van der Waals surface area (Å²) in [5.74, 6) is -2.96. The highest BCUT2D eigenvalue weighted by Crippen LogP contribution is 2.29. The maximum Gasteiger partial charge on any atom is 0.323 e. The van der Waals surface area contributed by atoms with E-state index in [-0.39, 0.29) is 30.0 Å². The molecule has 3 amide bonds. The number of carbonyl (C=O) groups excluding carboxylic acids is 4. The van der Waals surface area contributed by atoms with Crippen LogP contribution in [0.5, 0.6) is 0 Å². The van der Waals surface area contributed by atoms with Gasteiger partial charge in [-0.1, -0.05) is 30.5 Å². The van der Waals surface area contributed by atoms with Gasteiger partial charge in [0.15, 0.2) is 5.13 Å². The summed E-state index contributed by atoms with van der Waals surface area (Å²) in [7, 11) is 0. The van der Waals surface area contributed by atoms with Gasteiger partial charge in [-0.15, -0.1) is 11.3 Å². The van der Waals surface area contributed by atoms with E-state index in [1.165, 1.54) is 0 Å². The van der Waals surface area contributed by atoms with E-state index in [4.69, 9.17) is 4.74 Å². The van der Waals surface area contributed by atoms with Gasteiger partial charge in [-0.2, -0.15) is 0 Å². The van der Waals surface area contributed by atoms with Gasteiger partial charge in [-0.05, 0) is 38.8 Å². The van der Waals surface area contributed by atoms with Crippen LogP contribution in [0.3, 0.4) is 0 Å². The van der Waals surface area contributed by atoms with Crippen LogP contribution in [0.4, 0.5) is 10.8 Å². The van der Waals surface area contributed by atoms with E-state index in [1.807, 2.05) is 6.92 Å². The van der Waals surface area contributed by atoms with Crippen molar-refractivity contribution in [2.75, 3.05) is 16.8 Å². The number of carbonyl (C=O) groups is 4. The van der Waals surface area contributed by atoms with Gasteiger partial charge >= 0.3 is 17.8 Å². The van der Waals surface area contributed by atoms with Gasteiger partial charge < -0.3 is 4.74 Å². The van der Waals surface area contributed by atoms with Crippen molar-refractivity contribution >= 4 is 45.8 Å². The van der Waals surface area contributed by atoms with Crippen molar-refractivity contribution in [1.82, 2.24) is 4.98 Å². The van der Waals surface area contributed by atoms with E-state index in [0.717, 1.165) is 34.6 Å². The fourth-order valence-electron chi connectivity index (χ4n) is 3.45. The lowest BCUT2D eigenvalue weighted by molar-refractivity contribution is -0.142. The fourth-order valence-corrected chi connectivity index (χ4v) is 4.16. The summed E-state index contributed by atoms with van der Waals surface area (Å²) < 4.78 is 4.88. The number of nitrogens with one attached hydrogen (secondary N) is 1. The van der Waals surface area contributed by atoms with Crippen molar-refractivity contribution in [2.24, 2.45) is 5.92 Å². The summed E-state index contributed by atoms with van der Waals surface area (Å²) in [5.41, 5.74) is 1.78. The lowest BCUT2D eigenvalue weighted by atomic mass is 10.1. The maximum absolute atomic E-state index is 13.1. The molecule has 1 fully saturated rings. The molecule has 9 heteroatoms. The third-order valence-electron chi connectivity index (χ3n) is 5.02. The normalized spacial score (nSPS) is 13.6. The number of benzene rings is 1. The number of anilines is 2. The van der Waals surface area contributed by atoms with Crippen molar-refractivity contribution in [1.29, 1.82) is 0 Å². The van der Waals surface area contributed by atoms with Crippen LogP contribution in [0.1, 0.15) is 43.9 Å². The van der Waals surface area contributed by atoms with Crippen LogP contribution in [0, 0.1) is 12.8 Å². The highest BCUT2D eigenvalue weighted by atomic mass is 32.1. The van der Waals surface area contributed by atoms with Crippen molar-refractivity contribution < 1.29 is 23.9 Å². The van der Waals surface area contributed by atoms with Crippen molar-refractivity contribution in [2.45, 2.75) is 46.0 Å². The Bertz CT molecular complexity index is 964. The van der Waals surface area contributed by atoms with Gasteiger partial charge in [-0.25, -0.2) is 9.88 Å². The summed E-state index contributed by atoms with van der Waals surface area (Å²) in [4.78, 5) is 55.4. The molecule has 8 nitrogen and oxygen atoms in total. The molecule has 1 saturated carbocycles. The lowest BCUT2D eigenvalue weighted by Crippen LogP contribution is -2.46. The van der Waals surface area contributed by atoms with Gasteiger partial charge in [0, 0.05) is 11.3 Å². The molecule has 31 heavy (non-hydrogen) atoms. The van der Waals surface area contributed by atoms with Crippen molar-refractivity contribution in [3.05, 3.63) is 40.9 Å². The first-order valence-corrected chi connectivity index (χ1v) is 11.1. The molecule has 1 N–H and O–H groups in total. The van der Waals surface area contributed by atoms with Crippen molar-refractivity contribution in [3.8, 4) is 0 Å². The predicted octanol–water partition coefficient (Wildman–Crippen LogP) is 3.25. The molecule has 3 rings (SSSR count). The topological polar surface area (TPSA) is 106 Å². The summed E-state index contributed by atoms with van der Waals surface area (Å²) in [6.07, 6.45) is 3.26. The number of amides is 3. The smallest absolute Gasteiger partial charge is 0.323 e. The first-order chi connectivity index (χ1) is 14.9. The average molecular weight is 444 g/mol. The molecule has 1 aromatic heterocycles. The van der Waals surface area contributed by atoms with Crippen LogP contribution in [-0.4, -0.2) is 35.3 Å². The molecule has 1 aliphatic carbocycles. The number of aryl methyl sites for hydroxylation is 1. The molecule has 1 heterocycles. The quantitative estimate of drug-likeness (QED) is 0.543. The Hall–Kier alpha value is -3.07. The third kappa shape index (κ3) is 5.75. The zero-order chi connectivity index (χ0) is 22.4. The number of hydrogen-bond acceptors (Lipinski definition) is 7. The standard InChI is InChI=1S/C22H25N3O5S/c1-3-30-18(26)12-16-13-31-22(23-16)24-19(27)21(29)25(17-10-8-14(2)9-11-17)20(28)15-6-4-5-7-15/h8-11,13,15H,3-7,12H2,1-2H3,(H,23,24,27). The highest BCUT2D eigenvalue weighted by Gasteiger charge is 2.35. The van der Waals surface area contributed by atoms with Crippen LogP contribution >= 0.6 is 11.3 Å². The number of aromatic nitrogens is 1. The summed E-state index contributed by atoms with van der Waals surface area (Å²) >= 11 is 1.09. The fraction of sp³-hybridized carbons (Fsp3) is 0.409. The molecule has 164 valence electrons. The SMILES string of the molecule is CCOC(=O)Cc1csc(NC(=O)C(=O)N(C(=O)C2CCCC2)c2ccc(C)cc2)n1. The first-order valence-electron chi connectivity index (χ1n) is 10.2. The highest BCUT2D eigenvalue weighted by molar-refractivity contribution is 7.14. The minimum absolute atomic E-state index is 0.0240.